The predicted octanol–water partition coefficient (Wildman–Crippen LogP) is 1.55. The molecule has 2 fully saturated rings. The zero-order valence-corrected chi connectivity index (χ0v) is 10.6. The van der Waals surface area contributed by atoms with Crippen molar-refractivity contribution >= 4 is 17.6 Å². The SMILES string of the molecule is N=Cc1c(N)cc(C2CC2)cc1N1CCNCC1. The molecule has 0 atom stereocenters. The molecule has 1 aliphatic heterocycles. The molecule has 0 unspecified atom stereocenters. The fraction of sp³-hybridized carbons (Fsp3) is 0.500. The van der Waals surface area contributed by atoms with Gasteiger partial charge in [0.1, 0.15) is 0 Å². The Kier molecular flexibility index (Phi) is 2.96. The molecule has 1 saturated carbocycles. The second kappa shape index (κ2) is 4.61. The van der Waals surface area contributed by atoms with Gasteiger partial charge in [0, 0.05) is 49.3 Å². The van der Waals surface area contributed by atoms with E-state index in [0.29, 0.717) is 5.92 Å². The fourth-order valence-corrected chi connectivity index (χ4v) is 2.66. The van der Waals surface area contributed by atoms with Crippen LogP contribution in [0, 0.1) is 5.41 Å². The highest BCUT2D eigenvalue weighted by atomic mass is 15.2. The Morgan fingerprint density at radius 1 is 1.28 bits per heavy atom. The monoisotopic (exact) mass is 244 g/mol. The molecule has 96 valence electrons. The second-order valence-electron chi connectivity index (χ2n) is 5.20. The first-order valence-electron chi connectivity index (χ1n) is 6.69. The molecule has 1 saturated heterocycles. The molecule has 0 bridgehead atoms. The van der Waals surface area contributed by atoms with E-state index in [9.17, 15) is 0 Å². The maximum Gasteiger partial charge on any atom is 0.0479 e. The van der Waals surface area contributed by atoms with Crippen LogP contribution in [0.25, 0.3) is 0 Å². The van der Waals surface area contributed by atoms with Crippen molar-refractivity contribution in [2.24, 2.45) is 0 Å². The lowest BCUT2D eigenvalue weighted by Gasteiger charge is -2.31. The number of nitrogens with two attached hydrogens (primary N) is 1. The largest absolute Gasteiger partial charge is 0.398 e. The van der Waals surface area contributed by atoms with Gasteiger partial charge >= 0.3 is 0 Å². The van der Waals surface area contributed by atoms with Gasteiger partial charge in [-0.2, -0.15) is 0 Å². The summed E-state index contributed by atoms with van der Waals surface area (Å²) in [7, 11) is 0. The van der Waals surface area contributed by atoms with E-state index in [1.807, 2.05) is 0 Å². The molecule has 1 aromatic rings. The van der Waals surface area contributed by atoms with Crippen LogP contribution in [0.1, 0.15) is 29.9 Å². The summed E-state index contributed by atoms with van der Waals surface area (Å²) in [6, 6.07) is 4.31. The molecule has 1 aromatic carbocycles. The third-order valence-electron chi connectivity index (χ3n) is 3.86. The maximum absolute atomic E-state index is 7.59. The summed E-state index contributed by atoms with van der Waals surface area (Å²) >= 11 is 0. The third-order valence-corrected chi connectivity index (χ3v) is 3.86. The van der Waals surface area contributed by atoms with Crippen molar-refractivity contribution in [3.8, 4) is 0 Å². The summed E-state index contributed by atoms with van der Waals surface area (Å²) < 4.78 is 0. The van der Waals surface area contributed by atoms with Gasteiger partial charge in [-0.05, 0) is 36.5 Å². The highest BCUT2D eigenvalue weighted by molar-refractivity contribution is 5.93. The lowest BCUT2D eigenvalue weighted by Crippen LogP contribution is -2.44. The van der Waals surface area contributed by atoms with Crippen molar-refractivity contribution in [1.29, 1.82) is 5.41 Å². The smallest absolute Gasteiger partial charge is 0.0479 e. The minimum atomic E-state index is 0.703. The lowest BCUT2D eigenvalue weighted by molar-refractivity contribution is 0.589. The standard InChI is InChI=1S/C14H20N4/c15-9-12-13(16)7-11(10-1-2-10)8-14(12)18-5-3-17-4-6-18/h7-10,15,17H,1-6,16H2. The molecule has 2 aliphatic rings. The van der Waals surface area contributed by atoms with Crippen molar-refractivity contribution in [3.05, 3.63) is 23.3 Å². The average molecular weight is 244 g/mol. The number of piperazine rings is 1. The molecule has 4 nitrogen and oxygen atoms in total. The van der Waals surface area contributed by atoms with Crippen LogP contribution in [0.5, 0.6) is 0 Å². The highest BCUT2D eigenvalue weighted by Gasteiger charge is 2.26. The predicted molar refractivity (Wildman–Crippen MR) is 75.8 cm³/mol. The van der Waals surface area contributed by atoms with Gasteiger partial charge in [0.25, 0.3) is 0 Å². The molecule has 1 heterocycles. The summed E-state index contributed by atoms with van der Waals surface area (Å²) in [5.41, 5.74) is 10.2. The summed E-state index contributed by atoms with van der Waals surface area (Å²) in [4.78, 5) is 2.35. The Balaban J connectivity index is 2.00. The van der Waals surface area contributed by atoms with Crippen molar-refractivity contribution in [2.45, 2.75) is 18.8 Å². The molecular weight excluding hydrogens is 224 g/mol. The number of rotatable bonds is 3. The molecule has 18 heavy (non-hydrogen) atoms. The Morgan fingerprint density at radius 3 is 2.61 bits per heavy atom. The van der Waals surface area contributed by atoms with E-state index in [1.165, 1.54) is 24.6 Å². The molecule has 0 radical (unpaired) electrons. The van der Waals surface area contributed by atoms with Gasteiger partial charge in [-0.1, -0.05) is 0 Å². The van der Waals surface area contributed by atoms with E-state index in [0.717, 1.165) is 43.1 Å². The van der Waals surface area contributed by atoms with Crippen molar-refractivity contribution in [2.75, 3.05) is 36.8 Å². The van der Waals surface area contributed by atoms with Gasteiger partial charge in [-0.15, -0.1) is 0 Å². The van der Waals surface area contributed by atoms with Crippen LogP contribution in [0.4, 0.5) is 11.4 Å². The first kappa shape index (κ1) is 11.5. The minimum absolute atomic E-state index is 0.703. The van der Waals surface area contributed by atoms with Gasteiger partial charge in [-0.25, -0.2) is 0 Å². The van der Waals surface area contributed by atoms with Crippen molar-refractivity contribution in [1.82, 2.24) is 5.32 Å². The number of benzene rings is 1. The molecule has 0 spiro atoms. The first-order chi connectivity index (χ1) is 8.79. The topological polar surface area (TPSA) is 65.1 Å². The van der Waals surface area contributed by atoms with E-state index in [2.05, 4.69) is 22.3 Å². The van der Waals surface area contributed by atoms with E-state index < -0.39 is 0 Å². The van der Waals surface area contributed by atoms with E-state index in [4.69, 9.17) is 11.1 Å². The Hall–Kier alpha value is -1.55. The lowest BCUT2D eigenvalue weighted by atomic mass is 10.0. The molecule has 4 heteroatoms. The van der Waals surface area contributed by atoms with Gasteiger partial charge in [0.05, 0.1) is 0 Å². The first-order valence-corrected chi connectivity index (χ1v) is 6.69. The number of nitrogen functional groups attached to an aromatic ring is 1. The second-order valence-corrected chi connectivity index (χ2v) is 5.20. The van der Waals surface area contributed by atoms with Crippen molar-refractivity contribution in [3.63, 3.8) is 0 Å². The molecular formula is C14H20N4. The quantitative estimate of drug-likeness (QED) is 0.558. The molecule has 1 aliphatic carbocycles. The normalized spacial score (nSPS) is 19.9. The number of hydrogen-bond acceptors (Lipinski definition) is 4. The summed E-state index contributed by atoms with van der Waals surface area (Å²) in [6.45, 7) is 4.00. The Bertz CT molecular complexity index is 459. The summed E-state index contributed by atoms with van der Waals surface area (Å²) in [5, 5.41) is 10.9. The van der Waals surface area contributed by atoms with E-state index in [-0.39, 0.29) is 0 Å². The Labute approximate surface area is 108 Å². The zero-order chi connectivity index (χ0) is 12.5. The summed E-state index contributed by atoms with van der Waals surface area (Å²) in [6.07, 6.45) is 3.96. The van der Waals surface area contributed by atoms with Crippen LogP contribution in [-0.4, -0.2) is 32.4 Å². The van der Waals surface area contributed by atoms with Gasteiger partial charge in [0.15, 0.2) is 0 Å². The summed E-state index contributed by atoms with van der Waals surface area (Å²) in [5.74, 6) is 0.703. The maximum atomic E-state index is 7.59. The molecule has 3 rings (SSSR count). The Morgan fingerprint density at radius 2 is 2.00 bits per heavy atom. The molecule has 4 N–H and O–H groups in total. The zero-order valence-electron chi connectivity index (χ0n) is 10.6. The van der Waals surface area contributed by atoms with Gasteiger partial charge in [0.2, 0.25) is 0 Å². The van der Waals surface area contributed by atoms with Crippen LogP contribution in [0.2, 0.25) is 0 Å². The number of nitrogens with one attached hydrogen (secondary N) is 2. The van der Waals surface area contributed by atoms with Gasteiger partial charge in [-0.3, -0.25) is 0 Å². The minimum Gasteiger partial charge on any atom is -0.398 e. The number of nitrogens with zero attached hydrogens (tertiary/aromatic N) is 1. The van der Waals surface area contributed by atoms with E-state index in [1.54, 1.807) is 0 Å². The van der Waals surface area contributed by atoms with E-state index >= 15 is 0 Å². The van der Waals surface area contributed by atoms with Crippen LogP contribution >= 0.6 is 0 Å². The van der Waals surface area contributed by atoms with Gasteiger partial charge < -0.3 is 21.4 Å². The van der Waals surface area contributed by atoms with Crippen molar-refractivity contribution < 1.29 is 0 Å². The highest BCUT2D eigenvalue weighted by Crippen LogP contribution is 2.43. The molecule has 0 aromatic heterocycles. The number of anilines is 2. The number of hydrogen-bond donors (Lipinski definition) is 3. The van der Waals surface area contributed by atoms with Crippen LogP contribution in [0.3, 0.4) is 0 Å². The van der Waals surface area contributed by atoms with Crippen LogP contribution in [-0.2, 0) is 0 Å². The fourth-order valence-electron chi connectivity index (χ4n) is 2.66. The van der Waals surface area contributed by atoms with Crippen LogP contribution in [0.15, 0.2) is 12.1 Å². The third kappa shape index (κ3) is 2.08. The van der Waals surface area contributed by atoms with Crippen LogP contribution < -0.4 is 16.0 Å². The average Bonchev–Trinajstić information content (AvgIpc) is 3.23. The molecule has 0 amide bonds.